The van der Waals surface area contributed by atoms with Crippen molar-refractivity contribution in [1.82, 2.24) is 9.88 Å². The van der Waals surface area contributed by atoms with Gasteiger partial charge in [0.05, 0.1) is 23.4 Å². The highest BCUT2D eigenvalue weighted by molar-refractivity contribution is 6.31. The van der Waals surface area contributed by atoms with E-state index in [0.717, 1.165) is 10.6 Å². The molecule has 1 aromatic heterocycles. The number of hydrogen-bond acceptors (Lipinski definition) is 4. The summed E-state index contributed by atoms with van der Waals surface area (Å²) in [6.45, 7) is 0. The zero-order valence-electron chi connectivity index (χ0n) is 16.3. The van der Waals surface area contributed by atoms with Crippen LogP contribution >= 0.6 is 11.6 Å². The maximum Gasteiger partial charge on any atom is 0.417 e. The first-order valence-electron chi connectivity index (χ1n) is 9.19. The van der Waals surface area contributed by atoms with Crippen LogP contribution < -0.4 is 16.6 Å². The molecule has 3 rings (SSSR count). The largest absolute Gasteiger partial charge is 0.417 e. The molecule has 4 N–H and O–H groups in total. The van der Waals surface area contributed by atoms with Gasteiger partial charge in [0.2, 0.25) is 17.7 Å². The lowest BCUT2D eigenvalue weighted by Gasteiger charge is -2.30. The number of aliphatic hydroxyl groups is 1. The van der Waals surface area contributed by atoms with Crippen LogP contribution in [0.2, 0.25) is 5.02 Å². The van der Waals surface area contributed by atoms with Crippen LogP contribution in [-0.2, 0) is 28.0 Å². The molecule has 0 radical (unpaired) electrons. The lowest BCUT2D eigenvalue weighted by atomic mass is 10.1. The first-order valence-corrected chi connectivity index (χ1v) is 9.57. The molecule has 3 aromatic rings. The standard InChI is InChI=1S/C21H17ClF3N3O4/c22-16-6-5-12(9-15(16)21(23,24)25)10-18(30)27-20(32,11-17(26)29)28-8-7-13-3-1-2-4-14(13)19(28)31/h1-9,32H,10-11H2,(H2,26,29)(H,27,30). The van der Waals surface area contributed by atoms with Crippen molar-refractivity contribution in [3.8, 4) is 0 Å². The van der Waals surface area contributed by atoms with Crippen molar-refractivity contribution in [3.63, 3.8) is 0 Å². The summed E-state index contributed by atoms with van der Waals surface area (Å²) in [5.41, 5.74) is 3.30. The summed E-state index contributed by atoms with van der Waals surface area (Å²) < 4.78 is 39.9. The number of benzene rings is 2. The monoisotopic (exact) mass is 467 g/mol. The number of nitrogens with zero attached hydrogens (tertiary/aromatic N) is 1. The van der Waals surface area contributed by atoms with Crippen LogP contribution in [-0.4, -0.2) is 21.5 Å². The van der Waals surface area contributed by atoms with Gasteiger partial charge in [-0.25, -0.2) is 0 Å². The summed E-state index contributed by atoms with van der Waals surface area (Å²) >= 11 is 5.58. The van der Waals surface area contributed by atoms with E-state index >= 15 is 0 Å². The Morgan fingerprint density at radius 1 is 1.12 bits per heavy atom. The minimum atomic E-state index is -4.73. The number of rotatable bonds is 6. The second kappa shape index (κ2) is 8.64. The molecule has 2 amide bonds. The Morgan fingerprint density at radius 3 is 2.47 bits per heavy atom. The SMILES string of the molecule is NC(=O)CC(O)(NC(=O)Cc1ccc(Cl)c(C(F)(F)F)c1)n1ccc2ccccc2c1=O. The van der Waals surface area contributed by atoms with Crippen molar-refractivity contribution in [2.24, 2.45) is 5.73 Å². The summed E-state index contributed by atoms with van der Waals surface area (Å²) in [6.07, 6.45) is -5.00. The molecule has 2 aromatic carbocycles. The fourth-order valence-corrected chi connectivity index (χ4v) is 3.49. The number of nitrogens with two attached hydrogens (primary N) is 1. The first kappa shape index (κ1) is 23.3. The van der Waals surface area contributed by atoms with E-state index in [1.807, 2.05) is 0 Å². The van der Waals surface area contributed by atoms with Crippen LogP contribution in [0.3, 0.4) is 0 Å². The van der Waals surface area contributed by atoms with Crippen LogP contribution in [0.15, 0.2) is 59.5 Å². The van der Waals surface area contributed by atoms with Crippen LogP contribution in [0.5, 0.6) is 0 Å². The molecule has 1 unspecified atom stereocenters. The quantitative estimate of drug-likeness (QED) is 0.483. The Hall–Kier alpha value is -3.37. The van der Waals surface area contributed by atoms with Gasteiger partial charge in [0.1, 0.15) is 0 Å². The van der Waals surface area contributed by atoms with Gasteiger partial charge < -0.3 is 16.2 Å². The highest BCUT2D eigenvalue weighted by Crippen LogP contribution is 2.35. The number of amides is 2. The van der Waals surface area contributed by atoms with E-state index < -0.39 is 52.8 Å². The fourth-order valence-electron chi connectivity index (χ4n) is 3.27. The third-order valence-corrected chi connectivity index (χ3v) is 5.00. The Labute approximate surface area is 184 Å². The number of carbonyl (C=O) groups is 2. The number of halogens is 4. The molecule has 0 aliphatic rings. The van der Waals surface area contributed by atoms with Gasteiger partial charge in [-0.1, -0.05) is 35.9 Å². The van der Waals surface area contributed by atoms with Crippen molar-refractivity contribution < 1.29 is 27.9 Å². The molecule has 1 heterocycles. The van der Waals surface area contributed by atoms with Crippen molar-refractivity contribution in [2.75, 3.05) is 0 Å². The van der Waals surface area contributed by atoms with Crippen LogP contribution in [0, 0.1) is 0 Å². The Balaban J connectivity index is 1.94. The van der Waals surface area contributed by atoms with Crippen LogP contribution in [0.4, 0.5) is 13.2 Å². The van der Waals surface area contributed by atoms with E-state index in [4.69, 9.17) is 17.3 Å². The van der Waals surface area contributed by atoms with E-state index in [2.05, 4.69) is 5.32 Å². The molecule has 1 atom stereocenters. The van der Waals surface area contributed by atoms with E-state index in [1.165, 1.54) is 24.4 Å². The van der Waals surface area contributed by atoms with Gasteiger partial charge >= 0.3 is 6.18 Å². The molecular formula is C21H17ClF3N3O4. The molecule has 0 saturated carbocycles. The van der Waals surface area contributed by atoms with Gasteiger partial charge in [0.25, 0.3) is 5.56 Å². The molecule has 11 heteroatoms. The zero-order chi connectivity index (χ0) is 23.7. The zero-order valence-corrected chi connectivity index (χ0v) is 17.1. The number of carbonyl (C=O) groups excluding carboxylic acids is 2. The third-order valence-electron chi connectivity index (χ3n) is 4.67. The van der Waals surface area contributed by atoms with Crippen molar-refractivity contribution in [3.05, 3.63) is 81.2 Å². The number of pyridine rings is 1. The minimum absolute atomic E-state index is 0.0495. The van der Waals surface area contributed by atoms with Crippen molar-refractivity contribution in [1.29, 1.82) is 0 Å². The maximum absolute atomic E-state index is 13.1. The molecule has 0 aliphatic carbocycles. The Morgan fingerprint density at radius 2 is 1.81 bits per heavy atom. The van der Waals surface area contributed by atoms with E-state index in [9.17, 15) is 32.7 Å². The molecule has 32 heavy (non-hydrogen) atoms. The highest BCUT2D eigenvalue weighted by Gasteiger charge is 2.36. The average Bonchev–Trinajstić information content (AvgIpc) is 2.68. The fraction of sp³-hybridized carbons (Fsp3) is 0.190. The predicted molar refractivity (Wildman–Crippen MR) is 111 cm³/mol. The maximum atomic E-state index is 13.1. The molecular weight excluding hydrogens is 451 g/mol. The minimum Gasteiger partial charge on any atom is -0.369 e. The van der Waals surface area contributed by atoms with Gasteiger partial charge in [-0.15, -0.1) is 0 Å². The lowest BCUT2D eigenvalue weighted by molar-refractivity contribution is -0.145. The van der Waals surface area contributed by atoms with Gasteiger partial charge in [-0.3, -0.25) is 19.0 Å². The molecule has 0 fully saturated rings. The van der Waals surface area contributed by atoms with Gasteiger partial charge in [-0.2, -0.15) is 13.2 Å². The van der Waals surface area contributed by atoms with Gasteiger partial charge in [0.15, 0.2) is 0 Å². The topological polar surface area (TPSA) is 114 Å². The number of aromatic nitrogens is 1. The molecule has 0 bridgehead atoms. The smallest absolute Gasteiger partial charge is 0.369 e. The van der Waals surface area contributed by atoms with E-state index in [1.54, 1.807) is 18.2 Å². The Bertz CT molecular complexity index is 1260. The highest BCUT2D eigenvalue weighted by atomic mass is 35.5. The summed E-state index contributed by atoms with van der Waals surface area (Å²) in [6, 6.07) is 10.9. The van der Waals surface area contributed by atoms with Crippen molar-refractivity contribution >= 4 is 34.2 Å². The molecule has 0 spiro atoms. The second-order valence-corrected chi connectivity index (χ2v) is 7.48. The number of alkyl halides is 3. The summed E-state index contributed by atoms with van der Waals surface area (Å²) in [7, 11) is 0. The number of primary amides is 1. The predicted octanol–water partition coefficient (Wildman–Crippen LogP) is 2.51. The van der Waals surface area contributed by atoms with Crippen LogP contribution in [0.25, 0.3) is 10.8 Å². The van der Waals surface area contributed by atoms with E-state index in [0.29, 0.717) is 11.5 Å². The summed E-state index contributed by atoms with van der Waals surface area (Å²) in [5.74, 6) is -4.52. The second-order valence-electron chi connectivity index (χ2n) is 7.07. The Kier molecular flexibility index (Phi) is 6.29. The molecule has 7 nitrogen and oxygen atoms in total. The lowest BCUT2D eigenvalue weighted by Crippen LogP contribution is -2.56. The molecule has 0 saturated heterocycles. The van der Waals surface area contributed by atoms with E-state index in [-0.39, 0.29) is 10.9 Å². The molecule has 168 valence electrons. The average molecular weight is 468 g/mol. The summed E-state index contributed by atoms with van der Waals surface area (Å²) in [5, 5.41) is 13.4. The number of fused-ring (bicyclic) bond motifs is 1. The summed E-state index contributed by atoms with van der Waals surface area (Å²) in [4.78, 5) is 37.0. The number of hydrogen-bond donors (Lipinski definition) is 3. The first-order chi connectivity index (χ1) is 14.9. The van der Waals surface area contributed by atoms with Gasteiger partial charge in [-0.05, 0) is 35.2 Å². The third kappa shape index (κ3) is 4.92. The molecule has 0 aliphatic heterocycles. The van der Waals surface area contributed by atoms with Crippen LogP contribution in [0.1, 0.15) is 17.5 Å². The van der Waals surface area contributed by atoms with Crippen molar-refractivity contribution in [2.45, 2.75) is 24.9 Å². The normalized spacial score (nSPS) is 13.5. The number of nitrogens with one attached hydrogen (secondary N) is 1. The van der Waals surface area contributed by atoms with Gasteiger partial charge in [0, 0.05) is 11.6 Å².